The second-order valence-corrected chi connectivity index (χ2v) is 9.99. The zero-order chi connectivity index (χ0) is 31.3. The first-order chi connectivity index (χ1) is 21.4. The molecular weight excluding hydrogens is 564 g/mol. The molecule has 0 spiro atoms. The van der Waals surface area contributed by atoms with Crippen molar-refractivity contribution in [2.75, 3.05) is 20.8 Å². The second kappa shape index (κ2) is 16.3. The molecule has 9 nitrogen and oxygen atoms in total. The van der Waals surface area contributed by atoms with Crippen molar-refractivity contribution in [2.45, 2.75) is 38.1 Å². The number of carbonyl (C=O) groups excluding carboxylic acids is 2. The molecule has 4 rings (SSSR count). The van der Waals surface area contributed by atoms with Crippen molar-refractivity contribution in [3.8, 4) is 5.75 Å². The van der Waals surface area contributed by atoms with Gasteiger partial charge in [0.05, 0.1) is 40.6 Å². The van der Waals surface area contributed by atoms with E-state index in [9.17, 15) is 19.8 Å². The molecule has 0 aliphatic rings. The molecule has 4 aromatic rings. The van der Waals surface area contributed by atoms with Crippen LogP contribution in [0.3, 0.4) is 0 Å². The molecule has 0 aliphatic heterocycles. The van der Waals surface area contributed by atoms with E-state index in [4.69, 9.17) is 23.7 Å². The molecule has 0 unspecified atom stereocenters. The van der Waals surface area contributed by atoms with E-state index in [0.717, 1.165) is 30.9 Å². The van der Waals surface area contributed by atoms with Gasteiger partial charge in [-0.05, 0) is 34.4 Å². The summed E-state index contributed by atoms with van der Waals surface area (Å²) < 4.78 is 28.3. The Balaban J connectivity index is 1.74. The lowest BCUT2D eigenvalue weighted by Gasteiger charge is -2.32. The van der Waals surface area contributed by atoms with Crippen LogP contribution in [0.1, 0.15) is 49.1 Å². The summed E-state index contributed by atoms with van der Waals surface area (Å²) in [5.41, 5.74) is 2.37. The van der Waals surface area contributed by atoms with Gasteiger partial charge in [0.1, 0.15) is 35.2 Å². The molecule has 0 aromatic heterocycles. The number of esters is 2. The van der Waals surface area contributed by atoms with Gasteiger partial charge >= 0.3 is 11.9 Å². The number of benzene rings is 4. The maximum Gasteiger partial charge on any atom is 0.341 e. The SMILES string of the molecule is COC(=O)c1cc([C@@H](OCc2ccccc2)[C@H](OCc2ccccc2)[C@H](O)COCc2ccccc2)cc(C(=O)OC)c1O. The summed E-state index contributed by atoms with van der Waals surface area (Å²) in [5, 5.41) is 22.3. The number of aliphatic hydroxyl groups is 1. The average Bonchev–Trinajstić information content (AvgIpc) is 3.07. The molecule has 0 heterocycles. The molecule has 230 valence electrons. The summed E-state index contributed by atoms with van der Waals surface area (Å²) in [7, 11) is 2.32. The van der Waals surface area contributed by atoms with Crippen LogP contribution < -0.4 is 0 Å². The van der Waals surface area contributed by atoms with Crippen LogP contribution in [0, 0.1) is 0 Å². The molecule has 0 bridgehead atoms. The third kappa shape index (κ3) is 8.75. The van der Waals surface area contributed by atoms with E-state index < -0.39 is 36.0 Å². The molecule has 2 N–H and O–H groups in total. The summed E-state index contributed by atoms with van der Waals surface area (Å²) >= 11 is 0. The highest BCUT2D eigenvalue weighted by molar-refractivity contribution is 6.00. The topological polar surface area (TPSA) is 121 Å². The zero-order valence-electron chi connectivity index (χ0n) is 24.6. The van der Waals surface area contributed by atoms with Crippen molar-refractivity contribution < 1.29 is 43.5 Å². The van der Waals surface area contributed by atoms with E-state index in [-0.39, 0.29) is 43.1 Å². The molecule has 4 aromatic carbocycles. The quantitative estimate of drug-likeness (QED) is 0.173. The number of hydrogen-bond acceptors (Lipinski definition) is 9. The molecule has 0 amide bonds. The molecule has 0 fully saturated rings. The van der Waals surface area contributed by atoms with E-state index in [2.05, 4.69) is 0 Å². The Morgan fingerprint density at radius 1 is 0.659 bits per heavy atom. The van der Waals surface area contributed by atoms with E-state index >= 15 is 0 Å². The highest BCUT2D eigenvalue weighted by Crippen LogP contribution is 2.34. The van der Waals surface area contributed by atoms with E-state index in [1.165, 1.54) is 12.1 Å². The summed E-state index contributed by atoms with van der Waals surface area (Å²) in [6.07, 6.45) is -3.29. The summed E-state index contributed by atoms with van der Waals surface area (Å²) in [4.78, 5) is 25.3. The Morgan fingerprint density at radius 3 is 1.55 bits per heavy atom. The predicted octanol–water partition coefficient (Wildman–Crippen LogP) is 5.39. The number of carbonyl (C=O) groups is 2. The third-order valence-electron chi connectivity index (χ3n) is 6.91. The van der Waals surface area contributed by atoms with Crippen molar-refractivity contribution in [1.82, 2.24) is 0 Å². The van der Waals surface area contributed by atoms with Crippen LogP contribution in [-0.4, -0.2) is 55.2 Å². The molecule has 0 saturated carbocycles. The Kier molecular flexibility index (Phi) is 12.0. The fourth-order valence-electron chi connectivity index (χ4n) is 4.63. The van der Waals surface area contributed by atoms with Crippen LogP contribution in [0.15, 0.2) is 103 Å². The Hall–Kier alpha value is -4.54. The van der Waals surface area contributed by atoms with Crippen molar-refractivity contribution >= 4 is 11.9 Å². The second-order valence-electron chi connectivity index (χ2n) is 9.99. The Morgan fingerprint density at radius 2 is 1.09 bits per heavy atom. The maximum atomic E-state index is 12.7. The van der Waals surface area contributed by atoms with Gasteiger partial charge in [-0.25, -0.2) is 9.59 Å². The number of phenols is 1. The van der Waals surface area contributed by atoms with Crippen LogP contribution in [0.2, 0.25) is 0 Å². The minimum atomic E-state index is -1.21. The number of aliphatic hydroxyl groups excluding tert-OH is 1. The van der Waals surface area contributed by atoms with Crippen LogP contribution in [-0.2, 0) is 43.5 Å². The molecule has 0 saturated heterocycles. The fraction of sp³-hybridized carbons (Fsp3) is 0.257. The predicted molar refractivity (Wildman–Crippen MR) is 162 cm³/mol. The van der Waals surface area contributed by atoms with Gasteiger partial charge in [-0.2, -0.15) is 0 Å². The maximum absolute atomic E-state index is 12.7. The van der Waals surface area contributed by atoms with E-state index in [1.54, 1.807) is 0 Å². The smallest absolute Gasteiger partial charge is 0.341 e. The number of methoxy groups -OCH3 is 2. The van der Waals surface area contributed by atoms with Gasteiger partial charge in [-0.15, -0.1) is 0 Å². The highest BCUT2D eigenvalue weighted by atomic mass is 16.6. The number of phenolic OH excluding ortho intramolecular Hbond substituents is 1. The van der Waals surface area contributed by atoms with Gasteiger partial charge in [-0.1, -0.05) is 91.0 Å². The lowest BCUT2D eigenvalue weighted by atomic mass is 9.95. The van der Waals surface area contributed by atoms with Crippen LogP contribution in [0.4, 0.5) is 0 Å². The third-order valence-corrected chi connectivity index (χ3v) is 6.91. The van der Waals surface area contributed by atoms with E-state index in [1.807, 2.05) is 91.0 Å². The molecule has 9 heteroatoms. The average molecular weight is 601 g/mol. The lowest BCUT2D eigenvalue weighted by Crippen LogP contribution is -2.39. The summed E-state index contributed by atoms with van der Waals surface area (Å²) in [5.74, 6) is -2.34. The first-order valence-corrected chi connectivity index (χ1v) is 14.1. The van der Waals surface area contributed by atoms with Crippen molar-refractivity contribution in [3.05, 3.63) is 137 Å². The number of aromatic hydroxyl groups is 1. The lowest BCUT2D eigenvalue weighted by molar-refractivity contribution is -0.149. The largest absolute Gasteiger partial charge is 0.506 e. The summed E-state index contributed by atoms with van der Waals surface area (Å²) in [6.45, 7) is 0.386. The molecular formula is C35H36O9. The zero-order valence-corrected chi connectivity index (χ0v) is 24.6. The van der Waals surface area contributed by atoms with Gasteiger partial charge in [-0.3, -0.25) is 0 Å². The first-order valence-electron chi connectivity index (χ1n) is 14.1. The van der Waals surface area contributed by atoms with Crippen molar-refractivity contribution in [2.24, 2.45) is 0 Å². The normalized spacial score (nSPS) is 13.1. The van der Waals surface area contributed by atoms with Gasteiger partial charge in [0.15, 0.2) is 0 Å². The number of ether oxygens (including phenoxy) is 5. The highest BCUT2D eigenvalue weighted by Gasteiger charge is 2.34. The monoisotopic (exact) mass is 600 g/mol. The Bertz CT molecular complexity index is 1440. The minimum Gasteiger partial charge on any atom is -0.506 e. The van der Waals surface area contributed by atoms with E-state index in [0.29, 0.717) is 0 Å². The first kappa shape index (κ1) is 32.4. The van der Waals surface area contributed by atoms with Crippen LogP contribution in [0.5, 0.6) is 5.75 Å². The minimum absolute atomic E-state index is 0.106. The van der Waals surface area contributed by atoms with Gasteiger partial charge in [0, 0.05) is 0 Å². The van der Waals surface area contributed by atoms with Gasteiger partial charge in [0.25, 0.3) is 0 Å². The number of rotatable bonds is 15. The molecule has 44 heavy (non-hydrogen) atoms. The standard InChI is InChI=1S/C35H36O9/c1-40-34(38)28-18-27(19-29(31(28)37)35(39)41-2)32(43-21-25-14-8-4-9-15-25)33(44-22-26-16-10-5-11-17-26)30(36)23-42-20-24-12-6-3-7-13-24/h3-19,30,32-33,36-37H,20-23H2,1-2H3/t30-,32-,33-/m1/s1. The summed E-state index contributed by atoms with van der Waals surface area (Å²) in [6, 6.07) is 31.1. The van der Waals surface area contributed by atoms with Crippen LogP contribution in [0.25, 0.3) is 0 Å². The fourth-order valence-corrected chi connectivity index (χ4v) is 4.63. The Labute approximate surface area is 256 Å². The van der Waals surface area contributed by atoms with Crippen molar-refractivity contribution in [1.29, 1.82) is 0 Å². The number of hydrogen-bond donors (Lipinski definition) is 2. The van der Waals surface area contributed by atoms with Crippen molar-refractivity contribution in [3.63, 3.8) is 0 Å². The molecule has 0 aliphatic carbocycles. The molecule has 3 atom stereocenters. The van der Waals surface area contributed by atoms with Gasteiger partial charge < -0.3 is 33.9 Å². The van der Waals surface area contributed by atoms with Crippen LogP contribution >= 0.6 is 0 Å². The molecule has 0 radical (unpaired) electrons. The van der Waals surface area contributed by atoms with Gasteiger partial charge in [0.2, 0.25) is 0 Å².